The fraction of sp³-hybridized carbons (Fsp3) is 0.889. The topological polar surface area (TPSA) is 29.1 Å². The van der Waals surface area contributed by atoms with Gasteiger partial charge in [0.1, 0.15) is 5.78 Å². The lowest BCUT2D eigenvalue weighted by atomic mass is 9.96. The summed E-state index contributed by atoms with van der Waals surface area (Å²) in [6.45, 7) is 1.12. The third-order valence-electron chi connectivity index (χ3n) is 2.94. The third kappa shape index (κ3) is 1.32. The maximum Gasteiger partial charge on any atom is 0.137 e. The first-order chi connectivity index (χ1) is 5.38. The summed E-state index contributed by atoms with van der Waals surface area (Å²) in [5, 5.41) is 3.41. The minimum Gasteiger partial charge on any atom is -0.313 e. The summed E-state index contributed by atoms with van der Waals surface area (Å²) in [6.07, 6.45) is 5.58. The Hall–Kier alpha value is -0.370. The first-order valence-corrected chi connectivity index (χ1v) is 4.64. The van der Waals surface area contributed by atoms with E-state index < -0.39 is 0 Å². The van der Waals surface area contributed by atoms with Crippen molar-refractivity contribution in [2.24, 2.45) is 5.92 Å². The lowest BCUT2D eigenvalue weighted by Gasteiger charge is -2.15. The van der Waals surface area contributed by atoms with Gasteiger partial charge < -0.3 is 5.32 Å². The van der Waals surface area contributed by atoms with E-state index in [4.69, 9.17) is 0 Å². The predicted molar refractivity (Wildman–Crippen MR) is 43.4 cm³/mol. The Kier molecular flexibility index (Phi) is 1.95. The molecule has 1 heterocycles. The van der Waals surface area contributed by atoms with Gasteiger partial charge in [-0.15, -0.1) is 0 Å². The molecule has 1 N–H and O–H groups in total. The number of ketones is 1. The summed E-state index contributed by atoms with van der Waals surface area (Å²) < 4.78 is 0. The highest BCUT2D eigenvalue weighted by Gasteiger charge is 2.33. The van der Waals surface area contributed by atoms with Gasteiger partial charge in [-0.05, 0) is 32.2 Å². The van der Waals surface area contributed by atoms with Crippen molar-refractivity contribution >= 4 is 5.78 Å². The molecule has 0 aromatic rings. The molecule has 0 aromatic carbocycles. The Labute approximate surface area is 67.4 Å². The Morgan fingerprint density at radius 1 is 1.27 bits per heavy atom. The monoisotopic (exact) mass is 153 g/mol. The van der Waals surface area contributed by atoms with Gasteiger partial charge in [-0.1, -0.05) is 0 Å². The smallest absolute Gasteiger partial charge is 0.137 e. The summed E-state index contributed by atoms with van der Waals surface area (Å²) in [5.41, 5.74) is 0. The van der Waals surface area contributed by atoms with Crippen LogP contribution in [0.15, 0.2) is 0 Å². The average Bonchev–Trinajstić information content (AvgIpc) is 2.55. The molecule has 2 rings (SSSR count). The summed E-state index contributed by atoms with van der Waals surface area (Å²) in [6, 6.07) is 0.532. The van der Waals surface area contributed by atoms with E-state index in [1.165, 1.54) is 12.8 Å². The maximum atomic E-state index is 11.3. The van der Waals surface area contributed by atoms with E-state index in [-0.39, 0.29) is 0 Å². The minimum atomic E-state index is 0.373. The van der Waals surface area contributed by atoms with Crippen LogP contribution in [0.5, 0.6) is 0 Å². The molecule has 1 saturated carbocycles. The highest BCUT2D eigenvalue weighted by molar-refractivity contribution is 5.83. The lowest BCUT2D eigenvalue weighted by molar-refractivity contribution is -0.121. The van der Waals surface area contributed by atoms with E-state index in [1.54, 1.807) is 0 Å². The van der Waals surface area contributed by atoms with Gasteiger partial charge in [0.15, 0.2) is 0 Å². The van der Waals surface area contributed by atoms with E-state index >= 15 is 0 Å². The largest absolute Gasteiger partial charge is 0.313 e. The van der Waals surface area contributed by atoms with Crippen LogP contribution in [-0.4, -0.2) is 18.4 Å². The van der Waals surface area contributed by atoms with Gasteiger partial charge >= 0.3 is 0 Å². The summed E-state index contributed by atoms with van der Waals surface area (Å²) >= 11 is 0. The average molecular weight is 153 g/mol. The van der Waals surface area contributed by atoms with Gasteiger partial charge in [0.05, 0.1) is 0 Å². The zero-order valence-corrected chi connectivity index (χ0v) is 6.81. The molecular weight excluding hydrogens is 138 g/mol. The highest BCUT2D eigenvalue weighted by Crippen LogP contribution is 2.28. The van der Waals surface area contributed by atoms with E-state index in [1.807, 2.05) is 0 Å². The molecule has 2 atom stereocenters. The van der Waals surface area contributed by atoms with E-state index in [0.717, 1.165) is 25.8 Å². The fourth-order valence-corrected chi connectivity index (χ4v) is 2.32. The molecule has 2 fully saturated rings. The number of nitrogens with one attached hydrogen (secondary N) is 1. The molecule has 0 radical (unpaired) electrons. The number of hydrogen-bond acceptors (Lipinski definition) is 2. The van der Waals surface area contributed by atoms with Gasteiger partial charge in [0, 0.05) is 18.4 Å². The van der Waals surface area contributed by atoms with Crippen LogP contribution in [0.1, 0.15) is 32.1 Å². The van der Waals surface area contributed by atoms with Crippen molar-refractivity contribution in [3.63, 3.8) is 0 Å². The zero-order chi connectivity index (χ0) is 7.68. The number of rotatable bonds is 1. The number of carbonyl (C=O) groups is 1. The van der Waals surface area contributed by atoms with Crippen LogP contribution in [0.3, 0.4) is 0 Å². The molecule has 62 valence electrons. The molecule has 1 saturated heterocycles. The van der Waals surface area contributed by atoms with Crippen LogP contribution in [0.25, 0.3) is 0 Å². The number of Topliss-reactive ketones (excluding diaryl/α,β-unsaturated/α-hetero) is 1. The van der Waals surface area contributed by atoms with Crippen molar-refractivity contribution in [3.05, 3.63) is 0 Å². The standard InChI is InChI=1S/C9H15NO/c11-9-5-1-3-7(9)8-4-2-6-10-8/h7-8,10H,1-6H2. The minimum absolute atomic E-state index is 0.373. The van der Waals surface area contributed by atoms with Crippen LogP contribution in [0.4, 0.5) is 0 Å². The predicted octanol–water partition coefficient (Wildman–Crippen LogP) is 1.11. The maximum absolute atomic E-state index is 11.3. The Morgan fingerprint density at radius 3 is 2.73 bits per heavy atom. The third-order valence-corrected chi connectivity index (χ3v) is 2.94. The second kappa shape index (κ2) is 2.94. The molecule has 0 aromatic heterocycles. The fourth-order valence-electron chi connectivity index (χ4n) is 2.32. The van der Waals surface area contributed by atoms with E-state index in [0.29, 0.717) is 17.7 Å². The highest BCUT2D eigenvalue weighted by atomic mass is 16.1. The van der Waals surface area contributed by atoms with E-state index in [2.05, 4.69) is 5.32 Å². The number of carbonyl (C=O) groups excluding carboxylic acids is 1. The van der Waals surface area contributed by atoms with Crippen molar-refractivity contribution in [1.82, 2.24) is 5.32 Å². The molecular formula is C9H15NO. The second-order valence-electron chi connectivity index (χ2n) is 3.67. The second-order valence-corrected chi connectivity index (χ2v) is 3.67. The van der Waals surface area contributed by atoms with Crippen LogP contribution in [0.2, 0.25) is 0 Å². The van der Waals surface area contributed by atoms with Gasteiger partial charge in [-0.2, -0.15) is 0 Å². The van der Waals surface area contributed by atoms with Crippen LogP contribution in [0, 0.1) is 5.92 Å². The molecule has 0 amide bonds. The Bertz CT molecular complexity index is 161. The van der Waals surface area contributed by atoms with Crippen LogP contribution in [-0.2, 0) is 4.79 Å². The van der Waals surface area contributed by atoms with Crippen molar-refractivity contribution in [2.45, 2.75) is 38.1 Å². The molecule has 2 nitrogen and oxygen atoms in total. The zero-order valence-electron chi connectivity index (χ0n) is 6.81. The summed E-state index contributed by atoms with van der Waals surface area (Å²) in [5.74, 6) is 0.877. The first kappa shape index (κ1) is 7.29. The van der Waals surface area contributed by atoms with Crippen molar-refractivity contribution in [1.29, 1.82) is 0 Å². The Morgan fingerprint density at radius 2 is 2.18 bits per heavy atom. The van der Waals surface area contributed by atoms with Gasteiger partial charge in [-0.25, -0.2) is 0 Å². The van der Waals surface area contributed by atoms with Gasteiger partial charge in [0.25, 0.3) is 0 Å². The molecule has 2 aliphatic rings. The Balaban J connectivity index is 1.97. The van der Waals surface area contributed by atoms with Crippen molar-refractivity contribution < 1.29 is 4.79 Å². The van der Waals surface area contributed by atoms with Crippen molar-refractivity contribution in [3.8, 4) is 0 Å². The summed E-state index contributed by atoms with van der Waals surface area (Å²) in [4.78, 5) is 11.3. The molecule has 1 aliphatic carbocycles. The van der Waals surface area contributed by atoms with Crippen LogP contribution >= 0.6 is 0 Å². The van der Waals surface area contributed by atoms with Crippen LogP contribution < -0.4 is 5.32 Å². The molecule has 0 spiro atoms. The summed E-state index contributed by atoms with van der Waals surface area (Å²) in [7, 11) is 0. The number of hydrogen-bond donors (Lipinski definition) is 1. The molecule has 2 unspecified atom stereocenters. The lowest BCUT2D eigenvalue weighted by Crippen LogP contribution is -2.32. The molecule has 11 heavy (non-hydrogen) atoms. The normalized spacial score (nSPS) is 38.4. The molecule has 2 heteroatoms. The SMILES string of the molecule is O=C1CCCC1C1CCCN1. The van der Waals surface area contributed by atoms with Gasteiger partial charge in [0.2, 0.25) is 0 Å². The quantitative estimate of drug-likeness (QED) is 0.611. The first-order valence-electron chi connectivity index (χ1n) is 4.64. The van der Waals surface area contributed by atoms with Crippen molar-refractivity contribution in [2.75, 3.05) is 6.54 Å². The van der Waals surface area contributed by atoms with E-state index in [9.17, 15) is 4.79 Å². The molecule has 1 aliphatic heterocycles. The van der Waals surface area contributed by atoms with Gasteiger partial charge in [-0.3, -0.25) is 4.79 Å². The molecule has 0 bridgehead atoms.